The molecule has 2 nitrogen and oxygen atoms in total. The molecule has 1 atom stereocenters. The summed E-state index contributed by atoms with van der Waals surface area (Å²) in [5.41, 5.74) is 0.139. The lowest BCUT2D eigenvalue weighted by atomic mass is 9.97. The standard InChI is InChI=1S/C10H21NOS/c1-7(2)8(13)9(12)11-6-10(3,4)5/h7-8,13H,6H2,1-5H3,(H,11,12). The molecule has 0 aromatic carbocycles. The van der Waals surface area contributed by atoms with Crippen LogP contribution in [0.25, 0.3) is 0 Å². The van der Waals surface area contributed by atoms with Gasteiger partial charge in [-0.15, -0.1) is 0 Å². The third-order valence-corrected chi connectivity index (χ3v) is 2.52. The molecule has 1 amide bonds. The van der Waals surface area contributed by atoms with E-state index >= 15 is 0 Å². The molecule has 0 aliphatic heterocycles. The molecule has 78 valence electrons. The van der Waals surface area contributed by atoms with Gasteiger partial charge in [-0.3, -0.25) is 4.79 Å². The van der Waals surface area contributed by atoms with Crippen LogP contribution in [0.4, 0.5) is 0 Å². The Morgan fingerprint density at radius 1 is 1.38 bits per heavy atom. The van der Waals surface area contributed by atoms with Crippen molar-refractivity contribution in [1.29, 1.82) is 0 Å². The van der Waals surface area contributed by atoms with Gasteiger partial charge in [-0.1, -0.05) is 34.6 Å². The molecule has 0 aliphatic carbocycles. The highest BCUT2D eigenvalue weighted by atomic mass is 32.1. The second kappa shape index (κ2) is 4.89. The maximum absolute atomic E-state index is 11.4. The van der Waals surface area contributed by atoms with Crippen molar-refractivity contribution in [1.82, 2.24) is 5.32 Å². The first-order valence-electron chi connectivity index (χ1n) is 4.70. The molecule has 0 rings (SSSR count). The molecule has 3 heteroatoms. The van der Waals surface area contributed by atoms with E-state index in [2.05, 4.69) is 38.7 Å². The summed E-state index contributed by atoms with van der Waals surface area (Å²) >= 11 is 4.24. The van der Waals surface area contributed by atoms with Gasteiger partial charge < -0.3 is 5.32 Å². The summed E-state index contributed by atoms with van der Waals surface area (Å²) in [6.45, 7) is 11.0. The molecule has 0 spiro atoms. The molecule has 0 bridgehead atoms. The minimum Gasteiger partial charge on any atom is -0.355 e. The third kappa shape index (κ3) is 5.97. The molecular formula is C10H21NOS. The molecule has 0 radical (unpaired) electrons. The Morgan fingerprint density at radius 2 is 1.85 bits per heavy atom. The molecule has 13 heavy (non-hydrogen) atoms. The Morgan fingerprint density at radius 3 is 2.15 bits per heavy atom. The minimum absolute atomic E-state index is 0.0354. The van der Waals surface area contributed by atoms with Gasteiger partial charge in [0.15, 0.2) is 0 Å². The fourth-order valence-electron chi connectivity index (χ4n) is 0.760. The first-order chi connectivity index (χ1) is 5.74. The van der Waals surface area contributed by atoms with Gasteiger partial charge in [-0.05, 0) is 11.3 Å². The zero-order valence-corrected chi connectivity index (χ0v) is 10.1. The highest BCUT2D eigenvalue weighted by Gasteiger charge is 2.19. The average molecular weight is 203 g/mol. The number of hydrogen-bond donors (Lipinski definition) is 2. The van der Waals surface area contributed by atoms with Crippen molar-refractivity contribution < 1.29 is 4.79 Å². The van der Waals surface area contributed by atoms with E-state index in [1.165, 1.54) is 0 Å². The van der Waals surface area contributed by atoms with Crippen LogP contribution in [0.5, 0.6) is 0 Å². The number of carbonyl (C=O) groups excluding carboxylic acids is 1. The Balaban J connectivity index is 3.89. The number of thiol groups is 1. The van der Waals surface area contributed by atoms with Crippen LogP contribution in [0, 0.1) is 11.3 Å². The Hall–Kier alpha value is -0.180. The van der Waals surface area contributed by atoms with E-state index in [0.29, 0.717) is 6.54 Å². The van der Waals surface area contributed by atoms with Crippen LogP contribution in [0.15, 0.2) is 0 Å². The van der Waals surface area contributed by atoms with Crippen molar-refractivity contribution in [2.24, 2.45) is 11.3 Å². The van der Waals surface area contributed by atoms with Crippen LogP contribution in [0.1, 0.15) is 34.6 Å². The Labute approximate surface area is 86.9 Å². The molecular weight excluding hydrogens is 182 g/mol. The van der Waals surface area contributed by atoms with Gasteiger partial charge in [0.1, 0.15) is 0 Å². The van der Waals surface area contributed by atoms with Crippen molar-refractivity contribution >= 4 is 18.5 Å². The maximum Gasteiger partial charge on any atom is 0.233 e. The molecule has 0 aromatic heterocycles. The van der Waals surface area contributed by atoms with E-state index in [0.717, 1.165) is 0 Å². The summed E-state index contributed by atoms with van der Waals surface area (Å²) in [4.78, 5) is 11.4. The highest BCUT2D eigenvalue weighted by molar-refractivity contribution is 7.81. The van der Waals surface area contributed by atoms with Gasteiger partial charge in [-0.2, -0.15) is 12.6 Å². The molecule has 0 fully saturated rings. The highest BCUT2D eigenvalue weighted by Crippen LogP contribution is 2.12. The Bertz CT molecular complexity index is 172. The summed E-state index contributed by atoms with van der Waals surface area (Å²) in [6, 6.07) is 0. The third-order valence-electron chi connectivity index (χ3n) is 1.69. The van der Waals surface area contributed by atoms with Crippen molar-refractivity contribution in [2.75, 3.05) is 6.54 Å². The lowest BCUT2D eigenvalue weighted by Gasteiger charge is -2.21. The summed E-state index contributed by atoms with van der Waals surface area (Å²) in [7, 11) is 0. The van der Waals surface area contributed by atoms with Crippen molar-refractivity contribution in [2.45, 2.75) is 39.9 Å². The van der Waals surface area contributed by atoms with E-state index < -0.39 is 0 Å². The fraction of sp³-hybridized carbons (Fsp3) is 0.900. The molecule has 1 N–H and O–H groups in total. The molecule has 1 unspecified atom stereocenters. The van der Waals surface area contributed by atoms with Crippen LogP contribution in [0.3, 0.4) is 0 Å². The smallest absolute Gasteiger partial charge is 0.233 e. The van der Waals surface area contributed by atoms with Crippen molar-refractivity contribution in [3.05, 3.63) is 0 Å². The minimum atomic E-state index is -0.192. The Kier molecular flexibility index (Phi) is 4.82. The van der Waals surface area contributed by atoms with E-state index in [9.17, 15) is 4.79 Å². The monoisotopic (exact) mass is 203 g/mol. The number of hydrogen-bond acceptors (Lipinski definition) is 2. The molecule has 0 saturated carbocycles. The number of rotatable bonds is 3. The number of carbonyl (C=O) groups is 1. The van der Waals surface area contributed by atoms with Gasteiger partial charge in [0.25, 0.3) is 0 Å². The SMILES string of the molecule is CC(C)C(S)C(=O)NCC(C)(C)C. The van der Waals surface area contributed by atoms with E-state index in [4.69, 9.17) is 0 Å². The quantitative estimate of drug-likeness (QED) is 0.676. The summed E-state index contributed by atoms with van der Waals surface area (Å²) in [5, 5.41) is 2.70. The van der Waals surface area contributed by atoms with Crippen LogP contribution < -0.4 is 5.32 Å². The zero-order chi connectivity index (χ0) is 10.6. The predicted molar refractivity (Wildman–Crippen MR) is 60.1 cm³/mol. The van der Waals surface area contributed by atoms with Crippen LogP contribution in [-0.2, 0) is 4.79 Å². The molecule has 0 saturated heterocycles. The summed E-state index contributed by atoms with van der Waals surface area (Å²) < 4.78 is 0. The average Bonchev–Trinajstić information content (AvgIpc) is 1.97. The fourth-order valence-corrected chi connectivity index (χ4v) is 0.851. The van der Waals surface area contributed by atoms with Crippen LogP contribution in [-0.4, -0.2) is 17.7 Å². The van der Waals surface area contributed by atoms with Crippen LogP contribution in [0.2, 0.25) is 0 Å². The predicted octanol–water partition coefficient (Wildman–Crippen LogP) is 2.10. The number of nitrogens with one attached hydrogen (secondary N) is 1. The topological polar surface area (TPSA) is 29.1 Å². The largest absolute Gasteiger partial charge is 0.355 e. The zero-order valence-electron chi connectivity index (χ0n) is 9.22. The van der Waals surface area contributed by atoms with Crippen LogP contribution >= 0.6 is 12.6 Å². The van der Waals surface area contributed by atoms with Crippen molar-refractivity contribution in [3.8, 4) is 0 Å². The maximum atomic E-state index is 11.4. The van der Waals surface area contributed by atoms with E-state index in [1.807, 2.05) is 13.8 Å². The summed E-state index contributed by atoms with van der Waals surface area (Å²) in [6.07, 6.45) is 0. The second-order valence-corrected chi connectivity index (χ2v) is 5.52. The number of amides is 1. The van der Waals surface area contributed by atoms with Gasteiger partial charge in [0.05, 0.1) is 5.25 Å². The second-order valence-electron chi connectivity index (χ2n) is 4.97. The molecule has 0 aliphatic rings. The van der Waals surface area contributed by atoms with Crippen molar-refractivity contribution in [3.63, 3.8) is 0 Å². The normalized spacial score (nSPS) is 14.4. The van der Waals surface area contributed by atoms with E-state index in [-0.39, 0.29) is 22.5 Å². The van der Waals surface area contributed by atoms with Gasteiger partial charge >= 0.3 is 0 Å². The summed E-state index contributed by atoms with van der Waals surface area (Å²) in [5.74, 6) is 0.316. The van der Waals surface area contributed by atoms with E-state index in [1.54, 1.807) is 0 Å². The van der Waals surface area contributed by atoms with Gasteiger partial charge in [0, 0.05) is 6.54 Å². The molecule has 0 aromatic rings. The first-order valence-corrected chi connectivity index (χ1v) is 5.21. The molecule has 0 heterocycles. The lowest BCUT2D eigenvalue weighted by molar-refractivity contribution is -0.121. The van der Waals surface area contributed by atoms with Gasteiger partial charge in [-0.25, -0.2) is 0 Å². The van der Waals surface area contributed by atoms with Gasteiger partial charge in [0.2, 0.25) is 5.91 Å². The first kappa shape index (κ1) is 12.8. The lowest BCUT2D eigenvalue weighted by Crippen LogP contribution is -2.39.